The molecule has 0 aliphatic heterocycles. The van der Waals surface area contributed by atoms with Gasteiger partial charge in [-0.1, -0.05) is 30.3 Å². The summed E-state index contributed by atoms with van der Waals surface area (Å²) < 4.78 is 2.86. The number of anilines is 1. The average Bonchev–Trinajstić information content (AvgIpc) is 2.70. The number of imidazole rings is 1. The van der Waals surface area contributed by atoms with E-state index in [1.807, 2.05) is 40.9 Å². The molecule has 0 bridgehead atoms. The highest BCUT2D eigenvalue weighted by Crippen LogP contribution is 2.23. The van der Waals surface area contributed by atoms with Crippen molar-refractivity contribution in [3.05, 3.63) is 64.4 Å². The van der Waals surface area contributed by atoms with Crippen molar-refractivity contribution >= 4 is 27.4 Å². The van der Waals surface area contributed by atoms with E-state index in [1.54, 1.807) is 0 Å². The van der Waals surface area contributed by atoms with Crippen molar-refractivity contribution in [1.29, 1.82) is 0 Å². The van der Waals surface area contributed by atoms with E-state index in [2.05, 4.69) is 33.0 Å². The molecule has 2 N–H and O–H groups in total. The van der Waals surface area contributed by atoms with Crippen molar-refractivity contribution < 1.29 is 0 Å². The molecule has 2 heterocycles. The van der Waals surface area contributed by atoms with E-state index in [0.29, 0.717) is 5.82 Å². The first kappa shape index (κ1) is 11.3. The molecule has 3 aromatic rings. The van der Waals surface area contributed by atoms with Crippen molar-refractivity contribution in [3.63, 3.8) is 0 Å². The molecule has 0 unspecified atom stereocenters. The molecule has 3 nitrogen and oxygen atoms in total. The van der Waals surface area contributed by atoms with E-state index in [0.717, 1.165) is 22.2 Å². The van der Waals surface area contributed by atoms with E-state index >= 15 is 0 Å². The summed E-state index contributed by atoms with van der Waals surface area (Å²) in [6.45, 7) is 0. The number of pyridine rings is 1. The third-order valence-corrected chi connectivity index (χ3v) is 3.55. The Balaban J connectivity index is 2.08. The summed E-state index contributed by atoms with van der Waals surface area (Å²) in [4.78, 5) is 4.60. The molecule has 90 valence electrons. The number of nitrogen functional groups attached to an aromatic ring is 1. The molecule has 0 aliphatic rings. The Morgan fingerprint density at radius 1 is 1.11 bits per heavy atom. The van der Waals surface area contributed by atoms with Gasteiger partial charge in [-0.2, -0.15) is 0 Å². The average molecular weight is 302 g/mol. The number of rotatable bonds is 2. The second-order valence-electron chi connectivity index (χ2n) is 4.16. The summed E-state index contributed by atoms with van der Waals surface area (Å²) in [5.74, 6) is 0.704. The Hall–Kier alpha value is -1.81. The molecular formula is C14H12BrN3. The van der Waals surface area contributed by atoms with Gasteiger partial charge in [-0.25, -0.2) is 4.98 Å². The second kappa shape index (κ2) is 4.46. The van der Waals surface area contributed by atoms with Crippen LogP contribution in [-0.2, 0) is 6.42 Å². The Morgan fingerprint density at radius 2 is 1.89 bits per heavy atom. The van der Waals surface area contributed by atoms with Crippen molar-refractivity contribution in [2.24, 2.45) is 0 Å². The van der Waals surface area contributed by atoms with Gasteiger partial charge in [0.2, 0.25) is 0 Å². The molecule has 0 saturated carbocycles. The van der Waals surface area contributed by atoms with Gasteiger partial charge >= 0.3 is 0 Å². The van der Waals surface area contributed by atoms with Gasteiger partial charge < -0.3 is 5.73 Å². The molecule has 0 saturated heterocycles. The van der Waals surface area contributed by atoms with Crippen LogP contribution in [0.15, 0.2) is 53.1 Å². The summed E-state index contributed by atoms with van der Waals surface area (Å²) in [5.41, 5.74) is 9.12. The predicted molar refractivity (Wildman–Crippen MR) is 76.6 cm³/mol. The first-order valence-corrected chi connectivity index (χ1v) is 6.50. The molecule has 0 spiro atoms. The zero-order valence-electron chi connectivity index (χ0n) is 9.68. The Kier molecular flexibility index (Phi) is 2.80. The van der Waals surface area contributed by atoms with Crippen molar-refractivity contribution in [3.8, 4) is 0 Å². The largest absolute Gasteiger partial charge is 0.383 e. The molecule has 3 rings (SSSR count). The van der Waals surface area contributed by atoms with Crippen LogP contribution in [0.4, 0.5) is 5.82 Å². The molecule has 0 fully saturated rings. The number of benzene rings is 1. The van der Waals surface area contributed by atoms with Gasteiger partial charge in [0.15, 0.2) is 5.65 Å². The van der Waals surface area contributed by atoms with Gasteiger partial charge in [0.25, 0.3) is 0 Å². The third-order valence-electron chi connectivity index (χ3n) is 2.93. The van der Waals surface area contributed by atoms with Crippen LogP contribution in [0.3, 0.4) is 0 Å². The number of halogens is 1. The summed E-state index contributed by atoms with van der Waals surface area (Å²) in [5, 5.41) is 0. The minimum atomic E-state index is 0.704. The molecule has 1 aromatic carbocycles. The fraction of sp³-hybridized carbons (Fsp3) is 0.0714. The summed E-state index contributed by atoms with van der Waals surface area (Å²) >= 11 is 3.49. The van der Waals surface area contributed by atoms with E-state index in [1.165, 1.54) is 5.56 Å². The first-order chi connectivity index (χ1) is 8.75. The first-order valence-electron chi connectivity index (χ1n) is 5.70. The van der Waals surface area contributed by atoms with Crippen molar-refractivity contribution in [2.45, 2.75) is 6.42 Å². The van der Waals surface area contributed by atoms with Crippen LogP contribution >= 0.6 is 15.9 Å². The number of hydrogen-bond donors (Lipinski definition) is 1. The van der Waals surface area contributed by atoms with Gasteiger partial charge in [0, 0.05) is 12.6 Å². The van der Waals surface area contributed by atoms with Crippen LogP contribution in [0.25, 0.3) is 5.65 Å². The monoisotopic (exact) mass is 301 g/mol. The summed E-state index contributed by atoms with van der Waals surface area (Å²) in [6, 6.07) is 14.1. The molecular weight excluding hydrogens is 290 g/mol. The van der Waals surface area contributed by atoms with Crippen LogP contribution in [-0.4, -0.2) is 9.38 Å². The molecule has 0 radical (unpaired) electrons. The van der Waals surface area contributed by atoms with Gasteiger partial charge in [-0.3, -0.25) is 4.40 Å². The van der Waals surface area contributed by atoms with Gasteiger partial charge in [0.1, 0.15) is 5.82 Å². The lowest BCUT2D eigenvalue weighted by molar-refractivity contribution is 1.12. The quantitative estimate of drug-likeness (QED) is 0.789. The molecule has 18 heavy (non-hydrogen) atoms. The number of hydrogen-bond acceptors (Lipinski definition) is 2. The van der Waals surface area contributed by atoms with Crippen LogP contribution in [0.5, 0.6) is 0 Å². The van der Waals surface area contributed by atoms with Gasteiger partial charge in [-0.05, 0) is 33.6 Å². The molecule has 0 atom stereocenters. The normalized spacial score (nSPS) is 10.9. The SMILES string of the molecule is Nc1c(Cc2ccccc2)nc2c(Br)cccn12. The number of fused-ring (bicyclic) bond motifs is 1. The summed E-state index contributed by atoms with van der Waals surface area (Å²) in [7, 11) is 0. The zero-order valence-corrected chi connectivity index (χ0v) is 11.3. The smallest absolute Gasteiger partial charge is 0.153 e. The van der Waals surface area contributed by atoms with Gasteiger partial charge in [-0.15, -0.1) is 0 Å². The maximum atomic E-state index is 6.14. The molecule has 0 aliphatic carbocycles. The maximum Gasteiger partial charge on any atom is 0.153 e. The number of aromatic nitrogens is 2. The van der Waals surface area contributed by atoms with E-state index in [4.69, 9.17) is 5.73 Å². The fourth-order valence-corrected chi connectivity index (χ4v) is 2.45. The minimum Gasteiger partial charge on any atom is -0.383 e. The van der Waals surface area contributed by atoms with E-state index < -0.39 is 0 Å². The highest BCUT2D eigenvalue weighted by atomic mass is 79.9. The number of nitrogens with two attached hydrogens (primary N) is 1. The highest BCUT2D eigenvalue weighted by Gasteiger charge is 2.11. The topological polar surface area (TPSA) is 43.3 Å². The van der Waals surface area contributed by atoms with Crippen molar-refractivity contribution in [1.82, 2.24) is 9.38 Å². The lowest BCUT2D eigenvalue weighted by atomic mass is 10.1. The third kappa shape index (κ3) is 1.88. The van der Waals surface area contributed by atoms with Gasteiger partial charge in [0.05, 0.1) is 10.2 Å². The lowest BCUT2D eigenvalue weighted by Gasteiger charge is -1.99. The summed E-state index contributed by atoms with van der Waals surface area (Å²) in [6.07, 6.45) is 2.68. The Labute approximate surface area is 113 Å². The van der Waals surface area contributed by atoms with E-state index in [9.17, 15) is 0 Å². The van der Waals surface area contributed by atoms with Crippen LogP contribution < -0.4 is 5.73 Å². The molecule has 0 amide bonds. The molecule has 2 aromatic heterocycles. The van der Waals surface area contributed by atoms with Crippen LogP contribution in [0.1, 0.15) is 11.3 Å². The fourth-order valence-electron chi connectivity index (χ4n) is 2.02. The standard InChI is InChI=1S/C14H12BrN3/c15-11-7-4-8-18-13(16)12(17-14(11)18)9-10-5-2-1-3-6-10/h1-8H,9,16H2. The predicted octanol–water partition coefficient (Wildman–Crippen LogP) is 3.27. The van der Waals surface area contributed by atoms with E-state index in [-0.39, 0.29) is 0 Å². The Bertz CT molecular complexity index is 689. The van der Waals surface area contributed by atoms with Crippen molar-refractivity contribution in [2.75, 3.05) is 5.73 Å². The van der Waals surface area contributed by atoms with Crippen LogP contribution in [0, 0.1) is 0 Å². The maximum absolute atomic E-state index is 6.14. The zero-order chi connectivity index (χ0) is 12.5. The van der Waals surface area contributed by atoms with Crippen LogP contribution in [0.2, 0.25) is 0 Å². The number of nitrogens with zero attached hydrogens (tertiary/aromatic N) is 2. The Morgan fingerprint density at radius 3 is 2.61 bits per heavy atom. The second-order valence-corrected chi connectivity index (χ2v) is 5.01. The lowest BCUT2D eigenvalue weighted by Crippen LogP contribution is -1.97. The highest BCUT2D eigenvalue weighted by molar-refractivity contribution is 9.10. The molecule has 4 heteroatoms. The minimum absolute atomic E-state index is 0.704.